The van der Waals surface area contributed by atoms with Crippen LogP contribution in [0, 0.1) is 19.7 Å². The van der Waals surface area contributed by atoms with Crippen LogP contribution in [0.3, 0.4) is 0 Å². The lowest BCUT2D eigenvalue weighted by molar-refractivity contribution is -0.830. The fraction of sp³-hybridized carbons (Fsp3) is 0.150. The first-order chi connectivity index (χ1) is 14.0. The number of aromatic nitrogens is 4. The molecule has 29 heavy (non-hydrogen) atoms. The maximum absolute atomic E-state index is 14.6. The molecule has 0 bridgehead atoms. The highest BCUT2D eigenvalue weighted by Crippen LogP contribution is 2.26. The molecule has 0 fully saturated rings. The van der Waals surface area contributed by atoms with E-state index in [9.17, 15) is 4.39 Å². The van der Waals surface area contributed by atoms with Gasteiger partial charge in [-0.1, -0.05) is 17.7 Å². The monoisotopic (exact) mass is 394 g/mol. The Morgan fingerprint density at radius 1 is 1.07 bits per heavy atom. The maximum atomic E-state index is 14.6. The van der Waals surface area contributed by atoms with Gasteiger partial charge in [-0.05, 0) is 32.0 Å². The van der Waals surface area contributed by atoms with Crippen LogP contribution in [-0.4, -0.2) is 26.6 Å². The SMILES string of the molecule is CO[NH2+]c1ccc2c(c1)nc(C)n2-c1nc(N)c(F)c(Nc2ccc(C)cc2)n1. The van der Waals surface area contributed by atoms with Crippen LogP contribution in [0.25, 0.3) is 17.0 Å². The van der Waals surface area contributed by atoms with Crippen LogP contribution < -0.4 is 16.5 Å². The van der Waals surface area contributed by atoms with Crippen LogP contribution in [0.1, 0.15) is 11.4 Å². The summed E-state index contributed by atoms with van der Waals surface area (Å²) in [5, 5.41) is 2.97. The predicted octanol–water partition coefficient (Wildman–Crippen LogP) is 2.65. The summed E-state index contributed by atoms with van der Waals surface area (Å²) < 4.78 is 16.3. The van der Waals surface area contributed by atoms with Crippen LogP contribution in [0.4, 0.5) is 27.4 Å². The van der Waals surface area contributed by atoms with E-state index in [1.807, 2.05) is 56.3 Å². The molecule has 5 N–H and O–H groups in total. The maximum Gasteiger partial charge on any atom is 0.239 e. The third kappa shape index (κ3) is 3.60. The van der Waals surface area contributed by atoms with Gasteiger partial charge < -0.3 is 11.1 Å². The molecule has 0 unspecified atom stereocenters. The molecule has 0 saturated carbocycles. The topological polar surface area (TPSA) is 107 Å². The highest BCUT2D eigenvalue weighted by atomic mass is 19.1. The van der Waals surface area contributed by atoms with Crippen molar-refractivity contribution in [1.29, 1.82) is 0 Å². The number of nitrogens with zero attached hydrogens (tertiary/aromatic N) is 4. The highest BCUT2D eigenvalue weighted by molar-refractivity contribution is 5.80. The van der Waals surface area contributed by atoms with Crippen LogP contribution in [-0.2, 0) is 4.84 Å². The first-order valence-electron chi connectivity index (χ1n) is 8.98. The number of anilines is 3. The third-order valence-electron chi connectivity index (χ3n) is 4.48. The number of halogens is 1. The summed E-state index contributed by atoms with van der Waals surface area (Å²) in [5.74, 6) is -0.0469. The van der Waals surface area contributed by atoms with Crippen molar-refractivity contribution in [1.82, 2.24) is 19.5 Å². The molecule has 0 amide bonds. The van der Waals surface area contributed by atoms with Gasteiger partial charge in [0, 0.05) is 17.8 Å². The van der Waals surface area contributed by atoms with Gasteiger partial charge >= 0.3 is 0 Å². The van der Waals surface area contributed by atoms with Crippen molar-refractivity contribution in [2.24, 2.45) is 0 Å². The molecule has 2 heterocycles. The zero-order chi connectivity index (χ0) is 20.5. The van der Waals surface area contributed by atoms with Crippen LogP contribution in [0.2, 0.25) is 0 Å². The van der Waals surface area contributed by atoms with Gasteiger partial charge in [0.1, 0.15) is 5.82 Å². The Kier molecular flexibility index (Phi) is 4.83. The van der Waals surface area contributed by atoms with Gasteiger partial charge in [0.25, 0.3) is 0 Å². The summed E-state index contributed by atoms with van der Waals surface area (Å²) in [7, 11) is 1.59. The van der Waals surface area contributed by atoms with Crippen molar-refractivity contribution in [3.05, 3.63) is 59.7 Å². The number of fused-ring (bicyclic) bond motifs is 1. The second-order valence-corrected chi connectivity index (χ2v) is 6.66. The molecule has 4 rings (SSSR count). The standard InChI is InChI=1S/C20H20FN7O/c1-11-4-6-13(7-5-11)24-19-17(21)18(22)25-20(26-19)28-12(2)23-15-10-14(27-29-3)8-9-16(15)28/h4-10,27H,1-3H3,(H3,22,24,25,26)/p+1. The molecule has 148 valence electrons. The number of aryl methyl sites for hydroxylation is 2. The van der Waals surface area contributed by atoms with Crippen molar-refractivity contribution >= 4 is 34.0 Å². The van der Waals surface area contributed by atoms with Crippen LogP contribution in [0.5, 0.6) is 0 Å². The molecule has 0 atom stereocenters. The molecule has 2 aromatic heterocycles. The van der Waals surface area contributed by atoms with E-state index in [2.05, 4.69) is 20.3 Å². The summed E-state index contributed by atoms with van der Waals surface area (Å²) in [6.07, 6.45) is 0. The number of rotatable bonds is 5. The lowest BCUT2D eigenvalue weighted by Gasteiger charge is -2.12. The number of quaternary nitrogens is 1. The number of nitrogens with one attached hydrogen (secondary N) is 1. The van der Waals surface area contributed by atoms with Gasteiger partial charge in [0.2, 0.25) is 11.8 Å². The van der Waals surface area contributed by atoms with Crippen molar-refractivity contribution in [2.75, 3.05) is 18.2 Å². The molecular weight excluding hydrogens is 373 g/mol. The lowest BCUT2D eigenvalue weighted by atomic mass is 10.2. The van der Waals surface area contributed by atoms with E-state index in [0.717, 1.165) is 22.3 Å². The van der Waals surface area contributed by atoms with Crippen LogP contribution in [0.15, 0.2) is 42.5 Å². The summed E-state index contributed by atoms with van der Waals surface area (Å²) in [6, 6.07) is 13.2. The largest absolute Gasteiger partial charge is 0.381 e. The van der Waals surface area contributed by atoms with E-state index in [1.54, 1.807) is 17.2 Å². The van der Waals surface area contributed by atoms with Gasteiger partial charge in [0.15, 0.2) is 17.3 Å². The minimum absolute atomic E-state index is 0.00180. The van der Waals surface area contributed by atoms with E-state index < -0.39 is 5.82 Å². The second-order valence-electron chi connectivity index (χ2n) is 6.66. The van der Waals surface area contributed by atoms with E-state index in [4.69, 9.17) is 10.6 Å². The molecular formula is C20H21FN7O+. The van der Waals surface area contributed by atoms with E-state index in [-0.39, 0.29) is 17.6 Å². The summed E-state index contributed by atoms with van der Waals surface area (Å²) in [5.41, 5.74) is 11.7. The minimum atomic E-state index is -0.701. The molecule has 4 aromatic rings. The average molecular weight is 394 g/mol. The van der Waals surface area contributed by atoms with E-state index in [1.165, 1.54) is 0 Å². The predicted molar refractivity (Wildman–Crippen MR) is 109 cm³/mol. The first-order valence-corrected chi connectivity index (χ1v) is 8.98. The van der Waals surface area contributed by atoms with Gasteiger partial charge in [0.05, 0.1) is 18.1 Å². The normalized spacial score (nSPS) is 11.2. The summed E-state index contributed by atoms with van der Waals surface area (Å²) in [6.45, 7) is 3.81. The molecule has 0 aliphatic rings. The molecule has 8 nitrogen and oxygen atoms in total. The van der Waals surface area contributed by atoms with Gasteiger partial charge in [-0.15, -0.1) is 0 Å². The van der Waals surface area contributed by atoms with Crippen molar-refractivity contribution in [2.45, 2.75) is 13.8 Å². The number of hydrogen-bond acceptors (Lipinski definition) is 6. The van der Waals surface area contributed by atoms with Gasteiger partial charge in [-0.25, -0.2) is 9.82 Å². The number of hydrogen-bond donors (Lipinski definition) is 3. The van der Waals surface area contributed by atoms with Crippen molar-refractivity contribution < 1.29 is 14.7 Å². The Morgan fingerprint density at radius 2 is 1.83 bits per heavy atom. The molecule has 0 aliphatic heterocycles. The Morgan fingerprint density at radius 3 is 2.55 bits per heavy atom. The zero-order valence-corrected chi connectivity index (χ0v) is 16.3. The molecule has 2 aromatic carbocycles. The fourth-order valence-electron chi connectivity index (χ4n) is 3.09. The van der Waals surface area contributed by atoms with Crippen molar-refractivity contribution in [3.63, 3.8) is 0 Å². The third-order valence-corrected chi connectivity index (χ3v) is 4.48. The molecule has 9 heteroatoms. The van der Waals surface area contributed by atoms with Gasteiger partial charge in [-0.3, -0.25) is 4.57 Å². The Bertz CT molecular complexity index is 1190. The second kappa shape index (κ2) is 7.46. The number of nitrogens with two attached hydrogens (primary N) is 2. The molecule has 0 aliphatic carbocycles. The Balaban J connectivity index is 1.80. The molecule has 0 radical (unpaired) electrons. The van der Waals surface area contributed by atoms with Crippen LogP contribution >= 0.6 is 0 Å². The van der Waals surface area contributed by atoms with Crippen molar-refractivity contribution in [3.8, 4) is 5.95 Å². The average Bonchev–Trinajstić information content (AvgIpc) is 3.02. The van der Waals surface area contributed by atoms with E-state index in [0.29, 0.717) is 11.5 Å². The summed E-state index contributed by atoms with van der Waals surface area (Å²) in [4.78, 5) is 18.1. The van der Waals surface area contributed by atoms with E-state index >= 15 is 0 Å². The lowest BCUT2D eigenvalue weighted by Crippen LogP contribution is -2.75. The molecule has 0 saturated heterocycles. The smallest absolute Gasteiger partial charge is 0.239 e. The number of imidazole rings is 1. The zero-order valence-electron chi connectivity index (χ0n) is 16.3. The van der Waals surface area contributed by atoms with Gasteiger partial charge in [-0.2, -0.15) is 19.8 Å². The molecule has 0 spiro atoms. The summed E-state index contributed by atoms with van der Waals surface area (Å²) >= 11 is 0. The Labute approximate surface area is 166 Å². The highest BCUT2D eigenvalue weighted by Gasteiger charge is 2.18. The quantitative estimate of drug-likeness (QED) is 0.355. The number of benzene rings is 2. The fourth-order valence-corrected chi connectivity index (χ4v) is 3.09. The minimum Gasteiger partial charge on any atom is -0.381 e. The first kappa shape index (κ1) is 18.8. The number of nitrogen functional groups attached to an aromatic ring is 1. The Hall–Kier alpha value is -3.56.